The molecule has 0 aromatic heterocycles. The number of amides is 2. The molecule has 0 unspecified atom stereocenters. The van der Waals surface area contributed by atoms with Crippen LogP contribution in [0.15, 0.2) is 30.0 Å². The maximum Gasteiger partial charge on any atom is 0.263 e. The molecule has 132 valence electrons. The van der Waals surface area contributed by atoms with Crippen LogP contribution in [0.2, 0.25) is 10.0 Å². The summed E-state index contributed by atoms with van der Waals surface area (Å²) in [6.45, 7) is 1.77. The van der Waals surface area contributed by atoms with Gasteiger partial charge >= 0.3 is 0 Å². The van der Waals surface area contributed by atoms with Crippen LogP contribution in [0.4, 0.5) is 5.69 Å². The Hall–Kier alpha value is -2.23. The molecule has 1 aliphatic rings. The van der Waals surface area contributed by atoms with E-state index in [-0.39, 0.29) is 11.5 Å². The zero-order chi connectivity index (χ0) is 18.2. The average Bonchev–Trinajstić information content (AvgIpc) is 2.99. The second kappa shape index (κ2) is 9.30. The van der Waals surface area contributed by atoms with Gasteiger partial charge in [0.05, 0.1) is 15.7 Å². The molecule has 2 N–H and O–H groups in total. The summed E-state index contributed by atoms with van der Waals surface area (Å²) in [5.41, 5.74) is 0.340. The molecule has 0 spiro atoms. The minimum atomic E-state index is -0.495. The van der Waals surface area contributed by atoms with Gasteiger partial charge in [0.1, 0.15) is 11.6 Å². The highest BCUT2D eigenvalue weighted by molar-refractivity contribution is 6.39. The lowest BCUT2D eigenvalue weighted by Gasteiger charge is -2.15. The summed E-state index contributed by atoms with van der Waals surface area (Å²) in [5.74, 6) is -0.337. The molecule has 2 amide bonds. The molecule has 2 rings (SSSR count). The number of hydrogen-bond donors (Lipinski definition) is 2. The van der Waals surface area contributed by atoms with Crippen molar-refractivity contribution >= 4 is 40.7 Å². The van der Waals surface area contributed by atoms with Gasteiger partial charge in [0.2, 0.25) is 5.91 Å². The van der Waals surface area contributed by atoms with E-state index in [0.29, 0.717) is 41.7 Å². The zero-order valence-corrected chi connectivity index (χ0v) is 15.0. The topological polar surface area (TPSA) is 85.2 Å². The first-order valence-electron chi connectivity index (χ1n) is 7.89. The number of carbonyl (C=O) groups excluding carboxylic acids is 2. The van der Waals surface area contributed by atoms with Gasteiger partial charge in [-0.1, -0.05) is 29.3 Å². The normalized spacial score (nSPS) is 14.4. The Balaban J connectivity index is 1.84. The number of nitriles is 1. The van der Waals surface area contributed by atoms with E-state index >= 15 is 0 Å². The van der Waals surface area contributed by atoms with Crippen LogP contribution in [0.3, 0.4) is 0 Å². The van der Waals surface area contributed by atoms with Gasteiger partial charge in [-0.2, -0.15) is 5.26 Å². The summed E-state index contributed by atoms with van der Waals surface area (Å²) < 4.78 is 0. The van der Waals surface area contributed by atoms with Crippen molar-refractivity contribution < 1.29 is 9.59 Å². The lowest BCUT2D eigenvalue weighted by atomic mass is 10.2. The standard InChI is InChI=1S/C17H18Cl2N4O2/c18-13-4-1-5-14(19)16(13)22-11-12(10-20)17(25)21-7-3-9-23-8-2-6-15(23)24/h1,4-5,11,22H,2-3,6-9H2,(H,21,25)/b12-11-. The lowest BCUT2D eigenvalue weighted by Crippen LogP contribution is -2.31. The molecular formula is C17H18Cl2N4O2. The van der Waals surface area contributed by atoms with Gasteiger partial charge < -0.3 is 15.5 Å². The Kier molecular flexibility index (Phi) is 7.11. The predicted octanol–water partition coefficient (Wildman–Crippen LogP) is 2.94. The fourth-order valence-electron chi connectivity index (χ4n) is 2.44. The van der Waals surface area contributed by atoms with Crippen LogP contribution in [0.25, 0.3) is 0 Å². The number of hydrogen-bond acceptors (Lipinski definition) is 4. The number of nitrogens with zero attached hydrogens (tertiary/aromatic N) is 2. The lowest BCUT2D eigenvalue weighted by molar-refractivity contribution is -0.127. The van der Waals surface area contributed by atoms with Gasteiger partial charge in [-0.05, 0) is 25.0 Å². The third kappa shape index (κ3) is 5.38. The van der Waals surface area contributed by atoms with Crippen LogP contribution in [0.1, 0.15) is 19.3 Å². The first kappa shape index (κ1) is 19.1. The Morgan fingerprint density at radius 2 is 2.08 bits per heavy atom. The molecule has 6 nitrogen and oxygen atoms in total. The van der Waals surface area contributed by atoms with Crippen LogP contribution >= 0.6 is 23.2 Å². The van der Waals surface area contributed by atoms with Crippen LogP contribution in [0.5, 0.6) is 0 Å². The average molecular weight is 381 g/mol. The molecule has 0 radical (unpaired) electrons. The third-order valence-corrected chi connectivity index (χ3v) is 4.38. The van der Waals surface area contributed by atoms with Gasteiger partial charge in [-0.3, -0.25) is 9.59 Å². The van der Waals surface area contributed by atoms with Crippen molar-refractivity contribution in [1.29, 1.82) is 5.26 Å². The molecule has 1 aliphatic heterocycles. The molecule has 25 heavy (non-hydrogen) atoms. The number of halogens is 2. The number of para-hydroxylation sites is 1. The minimum Gasteiger partial charge on any atom is -0.358 e. The second-order valence-electron chi connectivity index (χ2n) is 5.50. The Morgan fingerprint density at radius 3 is 2.68 bits per heavy atom. The molecule has 0 bridgehead atoms. The van der Waals surface area contributed by atoms with Crippen LogP contribution in [0, 0.1) is 11.3 Å². The highest BCUT2D eigenvalue weighted by Crippen LogP contribution is 2.29. The van der Waals surface area contributed by atoms with E-state index in [2.05, 4.69) is 10.6 Å². The van der Waals surface area contributed by atoms with E-state index in [1.54, 1.807) is 23.1 Å². The molecule has 1 fully saturated rings. The summed E-state index contributed by atoms with van der Waals surface area (Å²) in [5, 5.41) is 15.4. The van der Waals surface area contributed by atoms with Gasteiger partial charge in [0.15, 0.2) is 0 Å². The predicted molar refractivity (Wildman–Crippen MR) is 97.2 cm³/mol. The van der Waals surface area contributed by atoms with Crippen molar-refractivity contribution in [3.63, 3.8) is 0 Å². The Labute approximate surface area is 156 Å². The van der Waals surface area contributed by atoms with E-state index in [9.17, 15) is 9.59 Å². The quantitative estimate of drug-likeness (QED) is 0.432. The summed E-state index contributed by atoms with van der Waals surface area (Å²) >= 11 is 12.0. The molecule has 1 aromatic rings. The monoisotopic (exact) mass is 380 g/mol. The Bertz CT molecular complexity index is 708. The number of rotatable bonds is 7. The second-order valence-corrected chi connectivity index (χ2v) is 6.32. The van der Waals surface area contributed by atoms with E-state index in [1.165, 1.54) is 6.20 Å². The summed E-state index contributed by atoms with van der Waals surface area (Å²) in [7, 11) is 0. The SMILES string of the molecule is N#C/C(=C/Nc1c(Cl)cccc1Cl)C(=O)NCCCN1CCCC1=O. The van der Waals surface area contributed by atoms with Crippen molar-refractivity contribution in [1.82, 2.24) is 10.2 Å². The number of likely N-dealkylation sites (tertiary alicyclic amines) is 1. The number of nitrogens with one attached hydrogen (secondary N) is 2. The first-order chi connectivity index (χ1) is 12.0. The summed E-state index contributed by atoms with van der Waals surface area (Å²) in [4.78, 5) is 25.3. The molecule has 1 aromatic carbocycles. The molecule has 0 saturated carbocycles. The van der Waals surface area contributed by atoms with Gasteiger partial charge in [-0.25, -0.2) is 0 Å². The summed E-state index contributed by atoms with van der Waals surface area (Å²) in [6.07, 6.45) is 3.40. The Morgan fingerprint density at radius 1 is 1.36 bits per heavy atom. The van der Waals surface area contributed by atoms with Crippen LogP contribution in [-0.4, -0.2) is 36.3 Å². The molecule has 8 heteroatoms. The molecule has 0 aliphatic carbocycles. The largest absolute Gasteiger partial charge is 0.358 e. The van der Waals surface area contributed by atoms with E-state index < -0.39 is 5.91 Å². The number of carbonyl (C=O) groups is 2. The van der Waals surface area contributed by atoms with E-state index in [4.69, 9.17) is 28.5 Å². The smallest absolute Gasteiger partial charge is 0.263 e. The van der Waals surface area contributed by atoms with Crippen LogP contribution in [-0.2, 0) is 9.59 Å². The molecule has 1 saturated heterocycles. The van der Waals surface area contributed by atoms with Gasteiger partial charge in [0, 0.05) is 32.3 Å². The van der Waals surface area contributed by atoms with Crippen molar-refractivity contribution in [2.24, 2.45) is 0 Å². The summed E-state index contributed by atoms with van der Waals surface area (Å²) in [6, 6.07) is 6.83. The first-order valence-corrected chi connectivity index (χ1v) is 8.65. The van der Waals surface area contributed by atoms with E-state index in [1.807, 2.05) is 6.07 Å². The van der Waals surface area contributed by atoms with Crippen molar-refractivity contribution in [3.05, 3.63) is 40.0 Å². The third-order valence-electron chi connectivity index (χ3n) is 3.75. The molecule has 1 heterocycles. The van der Waals surface area contributed by atoms with Crippen molar-refractivity contribution in [3.8, 4) is 6.07 Å². The highest BCUT2D eigenvalue weighted by Gasteiger charge is 2.19. The minimum absolute atomic E-state index is 0.0896. The molecular weight excluding hydrogens is 363 g/mol. The molecule has 0 atom stereocenters. The van der Waals surface area contributed by atoms with E-state index in [0.717, 1.165) is 13.0 Å². The fourth-order valence-corrected chi connectivity index (χ4v) is 2.94. The zero-order valence-electron chi connectivity index (χ0n) is 13.5. The number of anilines is 1. The van der Waals surface area contributed by atoms with Crippen molar-refractivity contribution in [2.45, 2.75) is 19.3 Å². The van der Waals surface area contributed by atoms with Crippen LogP contribution < -0.4 is 10.6 Å². The highest BCUT2D eigenvalue weighted by atomic mass is 35.5. The maximum absolute atomic E-state index is 12.0. The fraction of sp³-hybridized carbons (Fsp3) is 0.353. The maximum atomic E-state index is 12.0. The van der Waals surface area contributed by atoms with Crippen molar-refractivity contribution in [2.75, 3.05) is 25.0 Å². The van der Waals surface area contributed by atoms with Gasteiger partial charge in [-0.15, -0.1) is 0 Å². The number of benzene rings is 1. The van der Waals surface area contributed by atoms with Gasteiger partial charge in [0.25, 0.3) is 5.91 Å².